The van der Waals surface area contributed by atoms with Crippen molar-refractivity contribution < 1.29 is 19.1 Å². The lowest BCUT2D eigenvalue weighted by atomic mass is 9.98. The average Bonchev–Trinajstić information content (AvgIpc) is 3.02. The molecule has 168 valence electrons. The predicted molar refractivity (Wildman–Crippen MR) is 124 cm³/mol. The van der Waals surface area contributed by atoms with Crippen molar-refractivity contribution in [2.75, 3.05) is 19.8 Å². The predicted octanol–water partition coefficient (Wildman–Crippen LogP) is 4.72. The highest BCUT2D eigenvalue weighted by Gasteiger charge is 2.42. The molecule has 2 aromatic carbocycles. The van der Waals surface area contributed by atoms with E-state index in [9.17, 15) is 14.7 Å². The molecule has 0 aliphatic carbocycles. The minimum absolute atomic E-state index is 0.00815. The molecular formula is C25H26ClNO5. The van der Waals surface area contributed by atoms with Crippen molar-refractivity contribution in [1.29, 1.82) is 0 Å². The standard InChI is InChI=1S/C25H26ClNO5/c1-14(2)7-10-31-17-6-4-5-16(12-17)22-21-23(29)18-13-19(26)15(3)11-20(18)32-24(21)25(30)27(22)8-9-28/h4-6,11-14,22,28H,7-10H2,1-3H3. The number of aliphatic hydroxyl groups excluding tert-OH is 1. The van der Waals surface area contributed by atoms with Crippen LogP contribution in [0.25, 0.3) is 11.0 Å². The van der Waals surface area contributed by atoms with Gasteiger partial charge in [-0.05, 0) is 54.7 Å². The molecule has 1 N–H and O–H groups in total. The number of hydrogen-bond acceptors (Lipinski definition) is 5. The monoisotopic (exact) mass is 455 g/mol. The highest BCUT2D eigenvalue weighted by Crippen LogP contribution is 2.39. The van der Waals surface area contributed by atoms with E-state index in [1.807, 2.05) is 31.2 Å². The fourth-order valence-corrected chi connectivity index (χ4v) is 4.18. The number of fused-ring (bicyclic) bond motifs is 2. The lowest BCUT2D eigenvalue weighted by Gasteiger charge is -2.24. The molecule has 1 aliphatic rings. The zero-order valence-corrected chi connectivity index (χ0v) is 19.1. The van der Waals surface area contributed by atoms with Gasteiger partial charge in [0.05, 0.1) is 30.2 Å². The molecule has 4 rings (SSSR count). The molecule has 1 atom stereocenters. The molecule has 6 nitrogen and oxygen atoms in total. The van der Waals surface area contributed by atoms with Crippen LogP contribution >= 0.6 is 11.6 Å². The van der Waals surface area contributed by atoms with Crippen molar-refractivity contribution >= 4 is 28.5 Å². The topological polar surface area (TPSA) is 80.0 Å². The van der Waals surface area contributed by atoms with Gasteiger partial charge in [0.1, 0.15) is 11.3 Å². The summed E-state index contributed by atoms with van der Waals surface area (Å²) in [5, 5.41) is 10.4. The summed E-state index contributed by atoms with van der Waals surface area (Å²) >= 11 is 6.25. The van der Waals surface area contributed by atoms with Crippen molar-refractivity contribution in [2.24, 2.45) is 5.92 Å². The molecule has 0 saturated heterocycles. The maximum absolute atomic E-state index is 13.5. The van der Waals surface area contributed by atoms with Crippen molar-refractivity contribution in [3.63, 3.8) is 0 Å². The van der Waals surface area contributed by atoms with E-state index in [2.05, 4.69) is 13.8 Å². The highest BCUT2D eigenvalue weighted by atomic mass is 35.5. The molecule has 0 fully saturated rings. The van der Waals surface area contributed by atoms with Gasteiger partial charge in [0.15, 0.2) is 5.43 Å². The van der Waals surface area contributed by atoms with Gasteiger partial charge in [-0.25, -0.2) is 0 Å². The number of amides is 1. The van der Waals surface area contributed by atoms with E-state index in [1.165, 1.54) is 4.90 Å². The van der Waals surface area contributed by atoms with E-state index in [0.717, 1.165) is 17.5 Å². The first kappa shape index (κ1) is 22.4. The van der Waals surface area contributed by atoms with Gasteiger partial charge in [-0.1, -0.05) is 37.6 Å². The Bertz CT molecular complexity index is 1230. The van der Waals surface area contributed by atoms with Crippen LogP contribution in [-0.2, 0) is 0 Å². The first-order chi connectivity index (χ1) is 15.3. The minimum atomic E-state index is -0.681. The third-order valence-electron chi connectivity index (χ3n) is 5.73. The molecule has 0 spiro atoms. The molecular weight excluding hydrogens is 430 g/mol. The number of rotatable bonds is 7. The Balaban J connectivity index is 1.84. The van der Waals surface area contributed by atoms with Crippen LogP contribution in [0.2, 0.25) is 5.02 Å². The molecule has 1 aliphatic heterocycles. The summed E-state index contributed by atoms with van der Waals surface area (Å²) in [6.07, 6.45) is 0.918. The van der Waals surface area contributed by atoms with Crippen LogP contribution < -0.4 is 10.2 Å². The molecule has 1 aromatic heterocycles. The van der Waals surface area contributed by atoms with Crippen LogP contribution in [-0.4, -0.2) is 35.7 Å². The summed E-state index contributed by atoms with van der Waals surface area (Å²) in [6.45, 7) is 6.48. The van der Waals surface area contributed by atoms with E-state index in [4.69, 9.17) is 20.8 Å². The molecule has 0 saturated carbocycles. The largest absolute Gasteiger partial charge is 0.494 e. The molecule has 1 amide bonds. The van der Waals surface area contributed by atoms with Gasteiger partial charge in [-0.3, -0.25) is 9.59 Å². The number of aryl methyl sites for hydroxylation is 1. The fraction of sp³-hybridized carbons (Fsp3) is 0.360. The zero-order chi connectivity index (χ0) is 23.0. The Kier molecular flexibility index (Phi) is 6.26. The number of carbonyl (C=O) groups excluding carboxylic acids is 1. The Morgan fingerprint density at radius 3 is 2.72 bits per heavy atom. The zero-order valence-electron chi connectivity index (χ0n) is 18.4. The number of halogens is 1. The van der Waals surface area contributed by atoms with Gasteiger partial charge >= 0.3 is 0 Å². The third-order valence-corrected chi connectivity index (χ3v) is 6.13. The Hall–Kier alpha value is -2.83. The number of aliphatic hydroxyl groups is 1. The molecule has 1 unspecified atom stereocenters. The Morgan fingerprint density at radius 2 is 2.00 bits per heavy atom. The molecule has 32 heavy (non-hydrogen) atoms. The van der Waals surface area contributed by atoms with Crippen molar-refractivity contribution in [1.82, 2.24) is 4.90 Å². The van der Waals surface area contributed by atoms with E-state index in [-0.39, 0.29) is 29.9 Å². The quantitative estimate of drug-likeness (QED) is 0.557. The molecule has 2 heterocycles. The average molecular weight is 456 g/mol. The minimum Gasteiger partial charge on any atom is -0.494 e. The lowest BCUT2D eigenvalue weighted by molar-refractivity contribution is 0.0691. The summed E-state index contributed by atoms with van der Waals surface area (Å²) < 4.78 is 11.8. The number of carbonyl (C=O) groups is 1. The Morgan fingerprint density at radius 1 is 1.22 bits per heavy atom. The second kappa shape index (κ2) is 8.96. The van der Waals surface area contributed by atoms with Crippen LogP contribution in [0.3, 0.4) is 0 Å². The normalized spacial score (nSPS) is 15.6. The van der Waals surface area contributed by atoms with Gasteiger partial charge in [-0.2, -0.15) is 0 Å². The Labute approximate surface area is 191 Å². The lowest BCUT2D eigenvalue weighted by Crippen LogP contribution is -2.32. The molecule has 3 aromatic rings. The second-order valence-corrected chi connectivity index (χ2v) is 8.91. The van der Waals surface area contributed by atoms with E-state index >= 15 is 0 Å². The van der Waals surface area contributed by atoms with Gasteiger partial charge in [-0.15, -0.1) is 0 Å². The smallest absolute Gasteiger partial charge is 0.290 e. The van der Waals surface area contributed by atoms with Crippen molar-refractivity contribution in [3.8, 4) is 5.75 Å². The van der Waals surface area contributed by atoms with Gasteiger partial charge in [0.2, 0.25) is 5.76 Å². The van der Waals surface area contributed by atoms with Gasteiger partial charge in [0.25, 0.3) is 5.91 Å². The first-order valence-corrected chi connectivity index (χ1v) is 11.1. The molecule has 0 radical (unpaired) electrons. The number of hydrogen-bond donors (Lipinski definition) is 1. The van der Waals surface area contributed by atoms with E-state index in [0.29, 0.717) is 34.3 Å². The van der Waals surface area contributed by atoms with Crippen molar-refractivity contribution in [3.05, 3.63) is 74.1 Å². The number of β-amino-alcohol motifs (C(OH)–C–C–N with tert-alkyl or cyclic N) is 1. The molecule has 7 heteroatoms. The summed E-state index contributed by atoms with van der Waals surface area (Å²) in [4.78, 5) is 28.1. The van der Waals surface area contributed by atoms with Crippen LogP contribution in [0, 0.1) is 12.8 Å². The van der Waals surface area contributed by atoms with Crippen molar-refractivity contribution in [2.45, 2.75) is 33.2 Å². The second-order valence-electron chi connectivity index (χ2n) is 8.50. The third kappa shape index (κ3) is 4.00. The summed E-state index contributed by atoms with van der Waals surface area (Å²) in [6, 6.07) is 9.94. The number of nitrogens with zero attached hydrogens (tertiary/aromatic N) is 1. The van der Waals surface area contributed by atoms with Crippen LogP contribution in [0.1, 0.15) is 53.6 Å². The maximum atomic E-state index is 13.5. The highest BCUT2D eigenvalue weighted by molar-refractivity contribution is 6.32. The summed E-state index contributed by atoms with van der Waals surface area (Å²) in [5.41, 5.74) is 1.75. The SMILES string of the molecule is Cc1cc2oc3c(c(=O)c2cc1Cl)C(c1cccc(OCCC(C)C)c1)N(CCO)C3=O. The van der Waals surface area contributed by atoms with Crippen LogP contribution in [0.15, 0.2) is 45.6 Å². The molecule has 0 bridgehead atoms. The van der Waals surface area contributed by atoms with Gasteiger partial charge in [0, 0.05) is 11.6 Å². The summed E-state index contributed by atoms with van der Waals surface area (Å²) in [7, 11) is 0. The van der Waals surface area contributed by atoms with Crippen LogP contribution in [0.4, 0.5) is 0 Å². The first-order valence-electron chi connectivity index (χ1n) is 10.7. The maximum Gasteiger partial charge on any atom is 0.290 e. The number of ether oxygens (including phenoxy) is 1. The van der Waals surface area contributed by atoms with Crippen LogP contribution in [0.5, 0.6) is 5.75 Å². The van der Waals surface area contributed by atoms with Gasteiger partial charge < -0.3 is 19.2 Å². The summed E-state index contributed by atoms with van der Waals surface area (Å²) in [5.74, 6) is 0.772. The number of benzene rings is 2. The van der Waals surface area contributed by atoms with E-state index < -0.39 is 11.9 Å². The fourth-order valence-electron chi connectivity index (χ4n) is 4.01. The van der Waals surface area contributed by atoms with E-state index in [1.54, 1.807) is 12.1 Å².